The first kappa shape index (κ1) is 16.2. The minimum absolute atomic E-state index is 0.171. The van der Waals surface area contributed by atoms with Crippen LogP contribution >= 0.6 is 0 Å². The van der Waals surface area contributed by atoms with Crippen LogP contribution in [0.5, 0.6) is 0 Å². The van der Waals surface area contributed by atoms with Gasteiger partial charge in [0.1, 0.15) is 0 Å². The fourth-order valence-corrected chi connectivity index (χ4v) is 2.47. The zero-order chi connectivity index (χ0) is 13.7. The highest BCUT2D eigenvalue weighted by Crippen LogP contribution is 2.05. The number of nitrogens with zero attached hydrogens (tertiary/aromatic N) is 1. The second-order valence-electron chi connectivity index (χ2n) is 5.77. The van der Waals surface area contributed by atoms with Crippen molar-refractivity contribution >= 4 is 28.6 Å². The molecule has 0 aliphatic rings. The lowest BCUT2D eigenvalue weighted by Crippen LogP contribution is -2.33. The molecule has 7 heteroatoms. The van der Waals surface area contributed by atoms with E-state index in [2.05, 4.69) is 4.99 Å². The van der Waals surface area contributed by atoms with Crippen molar-refractivity contribution in [1.82, 2.24) is 0 Å². The molecule has 0 radical (unpaired) electrons. The van der Waals surface area contributed by atoms with Crippen LogP contribution in [0.4, 0.5) is 0 Å². The molecule has 0 aromatic carbocycles. The van der Waals surface area contributed by atoms with Crippen LogP contribution in [0.2, 0.25) is 39.3 Å². The van der Waals surface area contributed by atoms with Crippen LogP contribution < -0.4 is 5.73 Å². The summed E-state index contributed by atoms with van der Waals surface area (Å²) in [6, 6.07) is 0.171. The summed E-state index contributed by atoms with van der Waals surface area (Å²) < 4.78 is 10.7. The third-order valence-corrected chi connectivity index (χ3v) is 3.08. The van der Waals surface area contributed by atoms with E-state index in [0.717, 1.165) is 0 Å². The monoisotopic (exact) mass is 276 g/mol. The molecule has 0 saturated heterocycles. The Balaban J connectivity index is 3.98. The molecule has 0 heterocycles. The summed E-state index contributed by atoms with van der Waals surface area (Å²) in [5, 5.41) is 0. The van der Waals surface area contributed by atoms with E-state index in [1.54, 1.807) is 0 Å². The molecule has 0 unspecified atom stereocenters. The fraction of sp³-hybridized carbons (Fsp3) is 0.800. The Labute approximate surface area is 106 Å². The van der Waals surface area contributed by atoms with E-state index in [1.807, 2.05) is 39.3 Å². The van der Waals surface area contributed by atoms with Gasteiger partial charge in [0.05, 0.1) is 13.0 Å². The van der Waals surface area contributed by atoms with Gasteiger partial charge in [0.25, 0.3) is 12.0 Å². The molecule has 0 aromatic rings. The van der Waals surface area contributed by atoms with Crippen LogP contribution in [-0.2, 0) is 13.6 Å². The highest BCUT2D eigenvalue weighted by Gasteiger charge is 2.20. The van der Waals surface area contributed by atoms with E-state index in [4.69, 9.17) is 14.6 Å². The Morgan fingerprint density at radius 2 is 1.53 bits per heavy atom. The van der Waals surface area contributed by atoms with Gasteiger partial charge in [-0.1, -0.05) is 0 Å². The summed E-state index contributed by atoms with van der Waals surface area (Å²) in [6.07, 6.45) is 0.250. The smallest absolute Gasteiger partial charge is 0.294 e. The molecular weight excluding hydrogens is 252 g/mol. The summed E-state index contributed by atoms with van der Waals surface area (Å²) >= 11 is 0. The van der Waals surface area contributed by atoms with Gasteiger partial charge in [0, 0.05) is 0 Å². The number of amidine groups is 1. The van der Waals surface area contributed by atoms with Crippen molar-refractivity contribution < 1.29 is 13.6 Å². The second-order valence-corrected chi connectivity index (χ2v) is 14.6. The normalized spacial score (nSPS) is 13.4. The third-order valence-electron chi connectivity index (χ3n) is 1.41. The molecule has 2 N–H and O–H groups in total. The zero-order valence-electron chi connectivity index (χ0n) is 11.7. The fourth-order valence-electron chi connectivity index (χ4n) is 0.996. The Hall–Kier alpha value is -0.826. The van der Waals surface area contributed by atoms with Gasteiger partial charge in [-0.05, 0) is 39.3 Å². The molecule has 0 atom stereocenters. The predicted octanol–water partition coefficient (Wildman–Crippen LogP) is 1.92. The summed E-state index contributed by atoms with van der Waals surface area (Å²) in [5.74, 6) is -0.214. The van der Waals surface area contributed by atoms with Crippen LogP contribution in [-0.4, -0.2) is 35.2 Å². The van der Waals surface area contributed by atoms with Crippen molar-refractivity contribution in [3.63, 3.8) is 0 Å². The van der Waals surface area contributed by atoms with E-state index >= 15 is 0 Å². The van der Waals surface area contributed by atoms with Crippen LogP contribution in [0.25, 0.3) is 0 Å². The van der Waals surface area contributed by atoms with Crippen molar-refractivity contribution in [1.29, 1.82) is 0 Å². The predicted molar refractivity (Wildman–Crippen MR) is 75.0 cm³/mol. The van der Waals surface area contributed by atoms with Crippen molar-refractivity contribution in [2.75, 3.05) is 6.54 Å². The molecule has 0 aliphatic heterocycles. The molecule has 0 amide bonds. The number of aliphatic imine (C=N–C) groups is 1. The minimum atomic E-state index is -1.79. The molecule has 17 heavy (non-hydrogen) atoms. The lowest BCUT2D eigenvalue weighted by molar-refractivity contribution is -0.134. The van der Waals surface area contributed by atoms with E-state index in [1.165, 1.54) is 0 Å². The van der Waals surface area contributed by atoms with Gasteiger partial charge < -0.3 is 14.6 Å². The SMILES string of the molecule is C[Si](C)(C)OC(=O)CCN=C(N)O[Si](C)(C)C. The number of carbonyl (C=O) groups excluding carboxylic acids is 1. The van der Waals surface area contributed by atoms with E-state index in [0.29, 0.717) is 6.54 Å². The maximum absolute atomic E-state index is 11.4. The Morgan fingerprint density at radius 3 is 1.94 bits per heavy atom. The number of carbonyl (C=O) groups is 1. The Kier molecular flexibility index (Phi) is 5.90. The van der Waals surface area contributed by atoms with Crippen molar-refractivity contribution in [2.24, 2.45) is 10.7 Å². The Bertz CT molecular complexity index is 293. The van der Waals surface area contributed by atoms with Gasteiger partial charge in [-0.3, -0.25) is 4.79 Å². The van der Waals surface area contributed by atoms with Crippen molar-refractivity contribution in [3.05, 3.63) is 0 Å². The number of hydrogen-bond donors (Lipinski definition) is 1. The van der Waals surface area contributed by atoms with Gasteiger partial charge >= 0.3 is 0 Å². The summed E-state index contributed by atoms with van der Waals surface area (Å²) in [5.41, 5.74) is 5.59. The second kappa shape index (κ2) is 6.20. The van der Waals surface area contributed by atoms with Crippen LogP contribution in [0.3, 0.4) is 0 Å². The number of hydrogen-bond acceptors (Lipinski definition) is 4. The van der Waals surface area contributed by atoms with Gasteiger partial charge in [0.2, 0.25) is 16.6 Å². The number of rotatable bonds is 5. The first-order valence-corrected chi connectivity index (χ1v) is 12.5. The molecule has 0 saturated carbocycles. The standard InChI is InChI=1S/C10H24N2O3Si2/c1-16(2,3)14-9(13)7-8-12-10(11)15-17(4,5)6/h7-8H2,1-6H3,(H2,11,12). The lowest BCUT2D eigenvalue weighted by Gasteiger charge is -2.18. The van der Waals surface area contributed by atoms with Gasteiger partial charge in [0.15, 0.2) is 0 Å². The first-order chi connectivity index (χ1) is 7.49. The van der Waals surface area contributed by atoms with Gasteiger partial charge in [-0.2, -0.15) is 0 Å². The highest BCUT2D eigenvalue weighted by molar-refractivity contribution is 6.71. The van der Waals surface area contributed by atoms with Crippen molar-refractivity contribution in [3.8, 4) is 0 Å². The van der Waals surface area contributed by atoms with Crippen LogP contribution in [0.15, 0.2) is 4.99 Å². The molecule has 0 bridgehead atoms. The zero-order valence-corrected chi connectivity index (χ0v) is 13.7. The van der Waals surface area contributed by atoms with E-state index in [9.17, 15) is 4.79 Å². The summed E-state index contributed by atoms with van der Waals surface area (Å²) in [7, 11) is -3.49. The highest BCUT2D eigenvalue weighted by atomic mass is 28.4. The quantitative estimate of drug-likeness (QED) is 0.473. The largest absolute Gasteiger partial charge is 0.520 e. The summed E-state index contributed by atoms with van der Waals surface area (Å²) in [4.78, 5) is 15.4. The average molecular weight is 276 g/mol. The molecule has 100 valence electrons. The van der Waals surface area contributed by atoms with E-state index in [-0.39, 0.29) is 18.4 Å². The molecule has 0 rings (SSSR count). The molecule has 5 nitrogen and oxygen atoms in total. The van der Waals surface area contributed by atoms with Crippen LogP contribution in [0, 0.1) is 0 Å². The maximum atomic E-state index is 11.4. The lowest BCUT2D eigenvalue weighted by atomic mass is 10.4. The average Bonchev–Trinajstić information content (AvgIpc) is 1.95. The minimum Gasteiger partial charge on any atom is -0.520 e. The third kappa shape index (κ3) is 11.4. The molecule has 0 spiro atoms. The topological polar surface area (TPSA) is 73.9 Å². The molecule has 0 fully saturated rings. The van der Waals surface area contributed by atoms with Crippen LogP contribution in [0.1, 0.15) is 6.42 Å². The van der Waals surface area contributed by atoms with E-state index < -0.39 is 16.6 Å². The number of nitrogens with two attached hydrogens (primary N) is 1. The first-order valence-electron chi connectivity index (χ1n) is 5.70. The Morgan fingerprint density at radius 1 is 1.06 bits per heavy atom. The maximum Gasteiger partial charge on any atom is 0.294 e. The summed E-state index contributed by atoms with van der Waals surface area (Å²) in [6.45, 7) is 12.3. The molecule has 0 aromatic heterocycles. The molecular formula is C10H24N2O3Si2. The van der Waals surface area contributed by atoms with Gasteiger partial charge in [-0.25, -0.2) is 4.99 Å². The van der Waals surface area contributed by atoms with Crippen molar-refractivity contribution in [2.45, 2.75) is 45.7 Å². The van der Waals surface area contributed by atoms with Gasteiger partial charge in [-0.15, -0.1) is 0 Å². The molecule has 0 aliphatic carbocycles.